The Labute approximate surface area is 224 Å². The van der Waals surface area contributed by atoms with E-state index in [2.05, 4.69) is 42.7 Å². The normalized spacial score (nSPS) is 14.0. The summed E-state index contributed by atoms with van der Waals surface area (Å²) in [7, 11) is 1.58. The third-order valence-corrected chi connectivity index (χ3v) is 7.06. The number of nitrogens with zero attached hydrogens (tertiary/aromatic N) is 3. The Kier molecular flexibility index (Phi) is 7.31. The summed E-state index contributed by atoms with van der Waals surface area (Å²) in [6.45, 7) is 4.62. The van der Waals surface area contributed by atoms with Crippen LogP contribution in [0, 0.1) is 6.92 Å². The molecule has 1 aromatic heterocycles. The number of ether oxygens (including phenoxy) is 1. The number of hydrogen-bond donors (Lipinski definition) is 0. The SMILES string of the molecule is CCCCN(CC(=O)N1c2ccccc2-n2cccc2C1c1cccc(C)c1)C(=O)c1cccc(OC)c1. The molecule has 1 aliphatic rings. The van der Waals surface area contributed by atoms with Gasteiger partial charge >= 0.3 is 0 Å². The van der Waals surface area contributed by atoms with Gasteiger partial charge in [-0.1, -0.05) is 61.4 Å². The first-order valence-electron chi connectivity index (χ1n) is 13.1. The van der Waals surface area contributed by atoms with Crippen LogP contribution < -0.4 is 9.64 Å². The van der Waals surface area contributed by atoms with Crippen LogP contribution >= 0.6 is 0 Å². The van der Waals surface area contributed by atoms with Crippen molar-refractivity contribution in [2.45, 2.75) is 32.7 Å². The molecule has 194 valence electrons. The highest BCUT2D eigenvalue weighted by atomic mass is 16.5. The minimum Gasteiger partial charge on any atom is -0.497 e. The summed E-state index contributed by atoms with van der Waals surface area (Å²) < 4.78 is 7.49. The molecule has 1 aliphatic heterocycles. The van der Waals surface area contributed by atoms with Crippen molar-refractivity contribution in [1.29, 1.82) is 0 Å². The van der Waals surface area contributed by atoms with Crippen LogP contribution in [0.25, 0.3) is 5.69 Å². The van der Waals surface area contributed by atoms with Crippen molar-refractivity contribution in [3.63, 3.8) is 0 Å². The monoisotopic (exact) mass is 507 g/mol. The lowest BCUT2D eigenvalue weighted by molar-refractivity contribution is -0.119. The van der Waals surface area contributed by atoms with Crippen LogP contribution in [0.2, 0.25) is 0 Å². The molecule has 3 aromatic carbocycles. The number of benzene rings is 3. The van der Waals surface area contributed by atoms with Gasteiger partial charge in [0, 0.05) is 18.3 Å². The molecule has 4 aromatic rings. The first-order valence-corrected chi connectivity index (χ1v) is 13.1. The van der Waals surface area contributed by atoms with Gasteiger partial charge in [0.25, 0.3) is 5.91 Å². The maximum Gasteiger partial charge on any atom is 0.254 e. The lowest BCUT2D eigenvalue weighted by Crippen LogP contribution is -2.47. The van der Waals surface area contributed by atoms with Crippen LogP contribution in [-0.4, -0.2) is 41.5 Å². The van der Waals surface area contributed by atoms with Crippen LogP contribution in [0.1, 0.15) is 53.0 Å². The number of rotatable bonds is 8. The predicted molar refractivity (Wildman–Crippen MR) is 150 cm³/mol. The molecule has 2 amide bonds. The molecule has 6 nitrogen and oxygen atoms in total. The van der Waals surface area contributed by atoms with Crippen molar-refractivity contribution < 1.29 is 14.3 Å². The van der Waals surface area contributed by atoms with Crippen molar-refractivity contribution >= 4 is 17.5 Å². The van der Waals surface area contributed by atoms with Crippen molar-refractivity contribution in [2.24, 2.45) is 0 Å². The van der Waals surface area contributed by atoms with E-state index in [-0.39, 0.29) is 24.4 Å². The number of fused-ring (bicyclic) bond motifs is 3. The topological polar surface area (TPSA) is 54.8 Å². The minimum absolute atomic E-state index is 0.0204. The van der Waals surface area contributed by atoms with Crippen molar-refractivity contribution in [3.05, 3.63) is 114 Å². The van der Waals surface area contributed by atoms with E-state index in [1.54, 1.807) is 30.2 Å². The van der Waals surface area contributed by atoms with E-state index in [0.717, 1.165) is 41.0 Å². The average molecular weight is 508 g/mol. The summed E-state index contributed by atoms with van der Waals surface area (Å²) in [5, 5.41) is 0. The summed E-state index contributed by atoms with van der Waals surface area (Å²) in [6, 6.07) is 27.1. The number of amides is 2. The molecule has 6 heteroatoms. The number of para-hydroxylation sites is 2. The summed E-state index contributed by atoms with van der Waals surface area (Å²) >= 11 is 0. The minimum atomic E-state index is -0.313. The molecule has 0 aliphatic carbocycles. The Morgan fingerprint density at radius 3 is 2.47 bits per heavy atom. The van der Waals surface area contributed by atoms with E-state index in [1.165, 1.54) is 0 Å². The van der Waals surface area contributed by atoms with Gasteiger partial charge in [0.15, 0.2) is 0 Å². The Bertz CT molecular complexity index is 1460. The maximum absolute atomic E-state index is 14.3. The number of carbonyl (C=O) groups is 2. The summed E-state index contributed by atoms with van der Waals surface area (Å²) in [5.41, 5.74) is 5.47. The van der Waals surface area contributed by atoms with Crippen LogP contribution in [0.5, 0.6) is 5.75 Å². The molecule has 1 atom stereocenters. The van der Waals surface area contributed by atoms with E-state index in [0.29, 0.717) is 17.9 Å². The molecular weight excluding hydrogens is 474 g/mol. The van der Waals surface area contributed by atoms with E-state index in [4.69, 9.17) is 4.74 Å². The van der Waals surface area contributed by atoms with Gasteiger partial charge in [-0.05, 0) is 61.4 Å². The van der Waals surface area contributed by atoms with Crippen molar-refractivity contribution in [2.75, 3.05) is 25.1 Å². The number of anilines is 1. The average Bonchev–Trinajstić information content (AvgIpc) is 3.44. The largest absolute Gasteiger partial charge is 0.497 e. The van der Waals surface area contributed by atoms with Gasteiger partial charge in [0.05, 0.1) is 24.2 Å². The highest BCUT2D eigenvalue weighted by Crippen LogP contribution is 2.42. The molecule has 0 fully saturated rings. The lowest BCUT2D eigenvalue weighted by atomic mass is 9.96. The van der Waals surface area contributed by atoms with Gasteiger partial charge in [-0.2, -0.15) is 0 Å². The van der Waals surface area contributed by atoms with Gasteiger partial charge in [0.1, 0.15) is 18.3 Å². The number of carbonyl (C=O) groups excluding carboxylic acids is 2. The maximum atomic E-state index is 14.3. The third kappa shape index (κ3) is 4.82. The third-order valence-electron chi connectivity index (χ3n) is 7.06. The van der Waals surface area contributed by atoms with Gasteiger partial charge in [-0.3, -0.25) is 14.5 Å². The van der Waals surface area contributed by atoms with E-state index >= 15 is 0 Å². The zero-order chi connectivity index (χ0) is 26.6. The van der Waals surface area contributed by atoms with Crippen molar-refractivity contribution in [3.8, 4) is 11.4 Å². The molecule has 0 bridgehead atoms. The molecule has 1 unspecified atom stereocenters. The Balaban J connectivity index is 1.55. The van der Waals surface area contributed by atoms with E-state index in [1.807, 2.05) is 53.6 Å². The molecule has 0 saturated carbocycles. The van der Waals surface area contributed by atoms with Gasteiger partial charge < -0.3 is 14.2 Å². The van der Waals surface area contributed by atoms with Gasteiger partial charge in [-0.25, -0.2) is 0 Å². The van der Waals surface area contributed by atoms with Gasteiger partial charge in [-0.15, -0.1) is 0 Å². The zero-order valence-corrected chi connectivity index (χ0v) is 22.1. The second-order valence-corrected chi connectivity index (χ2v) is 9.68. The molecule has 0 radical (unpaired) electrons. The number of aromatic nitrogens is 1. The summed E-state index contributed by atoms with van der Waals surface area (Å²) in [5.74, 6) is 0.318. The first kappa shape index (κ1) is 25.3. The number of aryl methyl sites for hydroxylation is 1. The number of unbranched alkanes of at least 4 members (excludes halogenated alkanes) is 1. The number of hydrogen-bond acceptors (Lipinski definition) is 3. The van der Waals surface area contributed by atoms with Crippen molar-refractivity contribution in [1.82, 2.24) is 9.47 Å². The zero-order valence-electron chi connectivity index (χ0n) is 22.1. The van der Waals surface area contributed by atoms with Crippen LogP contribution in [0.15, 0.2) is 91.1 Å². The highest BCUT2D eigenvalue weighted by molar-refractivity contribution is 6.02. The van der Waals surface area contributed by atoms with Crippen LogP contribution in [-0.2, 0) is 4.79 Å². The summed E-state index contributed by atoms with van der Waals surface area (Å²) in [4.78, 5) is 31.5. The molecule has 0 spiro atoms. The molecule has 0 saturated heterocycles. The smallest absolute Gasteiger partial charge is 0.254 e. The summed E-state index contributed by atoms with van der Waals surface area (Å²) in [6.07, 6.45) is 3.77. The molecule has 38 heavy (non-hydrogen) atoms. The number of methoxy groups -OCH3 is 1. The first-order chi connectivity index (χ1) is 18.5. The fourth-order valence-electron chi connectivity index (χ4n) is 5.20. The van der Waals surface area contributed by atoms with E-state index < -0.39 is 0 Å². The fourth-order valence-corrected chi connectivity index (χ4v) is 5.20. The second kappa shape index (κ2) is 11.0. The Hall–Kier alpha value is -4.32. The molecular formula is C32H33N3O3. The Morgan fingerprint density at radius 2 is 1.71 bits per heavy atom. The lowest BCUT2D eigenvalue weighted by Gasteiger charge is -2.39. The molecule has 2 heterocycles. The standard InChI is InChI=1S/C32H33N3O3/c1-4-5-18-33(32(37)25-13-9-14-26(21-25)38-3)22-30(36)35-28-16-7-6-15-27(28)34-19-10-17-29(34)31(35)24-12-8-11-23(2)20-24/h6-17,19-21,31H,4-5,18,22H2,1-3H3. The van der Waals surface area contributed by atoms with Crippen LogP contribution in [0.4, 0.5) is 5.69 Å². The quantitative estimate of drug-likeness (QED) is 0.286. The second-order valence-electron chi connectivity index (χ2n) is 9.68. The van der Waals surface area contributed by atoms with Crippen LogP contribution in [0.3, 0.4) is 0 Å². The predicted octanol–water partition coefficient (Wildman–Crippen LogP) is 6.17. The highest BCUT2D eigenvalue weighted by Gasteiger charge is 2.37. The fraction of sp³-hybridized carbons (Fsp3) is 0.250. The van der Waals surface area contributed by atoms with E-state index in [9.17, 15) is 9.59 Å². The Morgan fingerprint density at radius 1 is 0.921 bits per heavy atom. The molecule has 0 N–H and O–H groups in total. The molecule has 5 rings (SSSR count). The van der Waals surface area contributed by atoms with Gasteiger partial charge in [0.2, 0.25) is 5.91 Å².